The van der Waals surface area contributed by atoms with Gasteiger partial charge in [0.2, 0.25) is 5.95 Å². The Balaban J connectivity index is 1.47. The van der Waals surface area contributed by atoms with Gasteiger partial charge >= 0.3 is 0 Å². The van der Waals surface area contributed by atoms with Gasteiger partial charge in [-0.05, 0) is 31.9 Å². The van der Waals surface area contributed by atoms with Crippen LogP contribution in [0, 0.1) is 0 Å². The van der Waals surface area contributed by atoms with Gasteiger partial charge in [-0.2, -0.15) is 0 Å². The van der Waals surface area contributed by atoms with Crippen molar-refractivity contribution in [2.75, 3.05) is 18.4 Å². The molecule has 3 rings (SSSR count). The normalized spacial score (nSPS) is 15.3. The van der Waals surface area contributed by atoms with Crippen molar-refractivity contribution in [2.45, 2.75) is 45.9 Å². The maximum absolute atomic E-state index is 6.12. The van der Waals surface area contributed by atoms with Crippen LogP contribution in [0.2, 0.25) is 0 Å². The summed E-state index contributed by atoms with van der Waals surface area (Å²) in [6, 6.07) is 8.65. The fraction of sp³-hybridized carbons (Fsp3) is 0.474. The molecule has 1 saturated heterocycles. The molecule has 0 bridgehead atoms. The average molecular weight is 326 g/mol. The predicted molar refractivity (Wildman–Crippen MR) is 96.3 cm³/mol. The van der Waals surface area contributed by atoms with E-state index in [0.717, 1.165) is 37.4 Å². The Morgan fingerprint density at radius 3 is 2.58 bits per heavy atom. The highest BCUT2D eigenvalue weighted by Crippen LogP contribution is 2.23. The summed E-state index contributed by atoms with van der Waals surface area (Å²) in [5, 5.41) is 3.20. The lowest BCUT2D eigenvalue weighted by atomic mass is 10.1. The second-order valence-corrected chi connectivity index (χ2v) is 6.61. The van der Waals surface area contributed by atoms with E-state index < -0.39 is 0 Å². The van der Waals surface area contributed by atoms with Crippen molar-refractivity contribution in [3.05, 3.63) is 47.8 Å². The quantitative estimate of drug-likeness (QED) is 0.847. The molecule has 0 saturated carbocycles. The molecule has 1 aromatic heterocycles. The molecular formula is C19H26N4O. The van der Waals surface area contributed by atoms with E-state index in [1.807, 2.05) is 18.5 Å². The third-order valence-corrected chi connectivity index (χ3v) is 4.10. The smallest absolute Gasteiger partial charge is 0.222 e. The molecule has 5 heteroatoms. The number of rotatable bonds is 7. The summed E-state index contributed by atoms with van der Waals surface area (Å²) in [4.78, 5) is 11.1. The third-order valence-electron chi connectivity index (χ3n) is 4.10. The second kappa shape index (κ2) is 7.62. The SMILES string of the molecule is CCc1ccccc1OC1CN(Cc2cnc(NC(C)C)nc2)C1. The van der Waals surface area contributed by atoms with E-state index in [9.17, 15) is 0 Å². The van der Waals surface area contributed by atoms with E-state index in [2.05, 4.69) is 59.2 Å². The topological polar surface area (TPSA) is 50.3 Å². The third kappa shape index (κ3) is 4.23. The van der Waals surface area contributed by atoms with Gasteiger partial charge in [0.05, 0.1) is 0 Å². The summed E-state index contributed by atoms with van der Waals surface area (Å²) in [5.74, 6) is 1.71. The molecule has 0 amide bonds. The molecule has 5 nitrogen and oxygen atoms in total. The van der Waals surface area contributed by atoms with Crippen LogP contribution in [0.15, 0.2) is 36.7 Å². The summed E-state index contributed by atoms with van der Waals surface area (Å²) in [6.45, 7) is 9.08. The predicted octanol–water partition coefficient (Wildman–Crippen LogP) is 3.12. The van der Waals surface area contributed by atoms with Crippen LogP contribution >= 0.6 is 0 Å². The first kappa shape index (κ1) is 16.7. The standard InChI is InChI=1S/C19H26N4O/c1-4-16-7-5-6-8-18(16)24-17-12-23(13-17)11-15-9-20-19(21-10-15)22-14(2)3/h5-10,14,17H,4,11-13H2,1-3H3,(H,20,21,22). The van der Waals surface area contributed by atoms with Gasteiger partial charge < -0.3 is 10.1 Å². The van der Waals surface area contributed by atoms with Crippen LogP contribution in [0.3, 0.4) is 0 Å². The number of likely N-dealkylation sites (tertiary alicyclic amines) is 1. The van der Waals surface area contributed by atoms with Crippen molar-refractivity contribution in [1.29, 1.82) is 0 Å². The zero-order valence-electron chi connectivity index (χ0n) is 14.7. The van der Waals surface area contributed by atoms with E-state index in [1.165, 1.54) is 5.56 Å². The Morgan fingerprint density at radius 2 is 1.92 bits per heavy atom. The molecule has 0 radical (unpaired) electrons. The molecule has 1 aliphatic heterocycles. The molecule has 128 valence electrons. The van der Waals surface area contributed by atoms with Crippen molar-refractivity contribution in [1.82, 2.24) is 14.9 Å². The molecule has 1 aromatic carbocycles. The number of ether oxygens (including phenoxy) is 1. The Kier molecular flexibility index (Phi) is 5.30. The molecule has 0 aliphatic carbocycles. The summed E-state index contributed by atoms with van der Waals surface area (Å²) in [6.07, 6.45) is 5.08. The van der Waals surface area contributed by atoms with Crippen molar-refractivity contribution < 1.29 is 4.74 Å². The van der Waals surface area contributed by atoms with E-state index in [1.54, 1.807) is 0 Å². The van der Waals surface area contributed by atoms with Crippen LogP contribution < -0.4 is 10.1 Å². The zero-order chi connectivity index (χ0) is 16.9. The van der Waals surface area contributed by atoms with Gasteiger partial charge in [-0.25, -0.2) is 9.97 Å². The minimum atomic E-state index is 0.278. The number of benzene rings is 1. The molecule has 1 N–H and O–H groups in total. The fourth-order valence-corrected chi connectivity index (χ4v) is 2.84. The van der Waals surface area contributed by atoms with E-state index in [0.29, 0.717) is 12.0 Å². The number of aryl methyl sites for hydroxylation is 1. The van der Waals surface area contributed by atoms with Crippen molar-refractivity contribution >= 4 is 5.95 Å². The minimum absolute atomic E-state index is 0.278. The van der Waals surface area contributed by atoms with Gasteiger partial charge in [0.1, 0.15) is 11.9 Å². The molecule has 1 fully saturated rings. The van der Waals surface area contributed by atoms with Crippen LogP contribution in [0.4, 0.5) is 5.95 Å². The molecule has 2 aromatic rings. The highest BCUT2D eigenvalue weighted by Gasteiger charge is 2.28. The average Bonchev–Trinajstić information content (AvgIpc) is 2.54. The van der Waals surface area contributed by atoms with Crippen molar-refractivity contribution in [3.8, 4) is 5.75 Å². The van der Waals surface area contributed by atoms with Gasteiger partial charge in [-0.15, -0.1) is 0 Å². The first-order chi connectivity index (χ1) is 11.6. The van der Waals surface area contributed by atoms with Crippen LogP contribution in [0.1, 0.15) is 31.9 Å². The molecule has 24 heavy (non-hydrogen) atoms. The highest BCUT2D eigenvalue weighted by atomic mass is 16.5. The Bertz CT molecular complexity index is 651. The fourth-order valence-electron chi connectivity index (χ4n) is 2.84. The number of para-hydroxylation sites is 1. The summed E-state index contributed by atoms with van der Waals surface area (Å²) < 4.78 is 6.12. The first-order valence-corrected chi connectivity index (χ1v) is 8.68. The maximum atomic E-state index is 6.12. The number of anilines is 1. The van der Waals surface area contributed by atoms with Gasteiger partial charge in [-0.3, -0.25) is 4.90 Å². The first-order valence-electron chi connectivity index (χ1n) is 8.68. The highest BCUT2D eigenvalue weighted by molar-refractivity contribution is 5.33. The minimum Gasteiger partial charge on any atom is -0.487 e. The van der Waals surface area contributed by atoms with Crippen LogP contribution in [0.25, 0.3) is 0 Å². The Hall–Kier alpha value is -2.14. The summed E-state index contributed by atoms with van der Waals surface area (Å²) in [7, 11) is 0. The number of aromatic nitrogens is 2. The maximum Gasteiger partial charge on any atom is 0.222 e. The number of hydrogen-bond donors (Lipinski definition) is 1. The van der Waals surface area contributed by atoms with Gasteiger partial charge in [0.15, 0.2) is 0 Å². The Morgan fingerprint density at radius 1 is 1.21 bits per heavy atom. The van der Waals surface area contributed by atoms with Crippen molar-refractivity contribution in [3.63, 3.8) is 0 Å². The summed E-state index contributed by atoms with van der Waals surface area (Å²) in [5.41, 5.74) is 2.41. The second-order valence-electron chi connectivity index (χ2n) is 6.61. The van der Waals surface area contributed by atoms with E-state index in [-0.39, 0.29) is 6.10 Å². The lowest BCUT2D eigenvalue weighted by Gasteiger charge is -2.39. The molecule has 0 spiro atoms. The summed E-state index contributed by atoms with van der Waals surface area (Å²) >= 11 is 0. The lowest BCUT2D eigenvalue weighted by Crippen LogP contribution is -2.53. The van der Waals surface area contributed by atoms with Crippen LogP contribution in [-0.4, -0.2) is 40.1 Å². The van der Waals surface area contributed by atoms with Gasteiger partial charge in [-0.1, -0.05) is 25.1 Å². The van der Waals surface area contributed by atoms with E-state index >= 15 is 0 Å². The van der Waals surface area contributed by atoms with Crippen LogP contribution in [-0.2, 0) is 13.0 Å². The van der Waals surface area contributed by atoms with E-state index in [4.69, 9.17) is 4.74 Å². The Labute approximate surface area is 144 Å². The van der Waals surface area contributed by atoms with Gasteiger partial charge in [0, 0.05) is 43.6 Å². The molecule has 2 heterocycles. The van der Waals surface area contributed by atoms with Crippen molar-refractivity contribution in [2.24, 2.45) is 0 Å². The molecule has 0 atom stereocenters. The monoisotopic (exact) mass is 326 g/mol. The van der Waals surface area contributed by atoms with Gasteiger partial charge in [0.25, 0.3) is 0 Å². The molecule has 0 unspecified atom stereocenters. The number of nitrogens with one attached hydrogen (secondary N) is 1. The zero-order valence-corrected chi connectivity index (χ0v) is 14.7. The molecule has 1 aliphatic rings. The number of nitrogens with zero attached hydrogens (tertiary/aromatic N) is 3. The van der Waals surface area contributed by atoms with Crippen LogP contribution in [0.5, 0.6) is 5.75 Å². The largest absolute Gasteiger partial charge is 0.487 e. The molecular weight excluding hydrogens is 300 g/mol. The number of hydrogen-bond acceptors (Lipinski definition) is 5. The lowest BCUT2D eigenvalue weighted by molar-refractivity contribution is 0.0139.